The number of halogens is 1. The van der Waals surface area contributed by atoms with Crippen LogP contribution in [0.5, 0.6) is 0 Å². The number of nitrogens with zero attached hydrogens (tertiary/aromatic N) is 2. The summed E-state index contributed by atoms with van der Waals surface area (Å²) in [5, 5.41) is 4.09. The minimum absolute atomic E-state index is 0.00817. The molecule has 1 fully saturated rings. The molecule has 5 nitrogen and oxygen atoms in total. The topological polar surface area (TPSA) is 55.6 Å². The van der Waals surface area contributed by atoms with Gasteiger partial charge < -0.3 is 14.2 Å². The fraction of sp³-hybridized carbons (Fsp3) is 0.444. The van der Waals surface area contributed by atoms with Crippen LogP contribution in [0.3, 0.4) is 0 Å². The average molecular weight is 349 g/mol. The van der Waals surface area contributed by atoms with Gasteiger partial charge in [-0.15, -0.1) is 0 Å². The van der Waals surface area contributed by atoms with Crippen LogP contribution in [0, 0.1) is 6.92 Å². The molecule has 1 aromatic heterocycles. The molecule has 1 aliphatic heterocycles. The Morgan fingerprint density at radius 2 is 2.08 bits per heavy atom. The van der Waals surface area contributed by atoms with Crippen molar-refractivity contribution < 1.29 is 14.1 Å². The highest BCUT2D eigenvalue weighted by atomic mass is 35.5. The summed E-state index contributed by atoms with van der Waals surface area (Å²) in [4.78, 5) is 14.5. The molecule has 1 aliphatic rings. The summed E-state index contributed by atoms with van der Waals surface area (Å²) in [6.07, 6.45) is 0.846. The first-order chi connectivity index (χ1) is 11.5. The second-order valence-electron chi connectivity index (χ2n) is 6.16. The molecule has 0 N–H and O–H groups in total. The van der Waals surface area contributed by atoms with Crippen molar-refractivity contribution >= 4 is 17.5 Å². The predicted octanol–water partition coefficient (Wildman–Crippen LogP) is 3.56. The van der Waals surface area contributed by atoms with E-state index in [0.717, 1.165) is 16.8 Å². The van der Waals surface area contributed by atoms with Crippen molar-refractivity contribution in [3.8, 4) is 0 Å². The van der Waals surface area contributed by atoms with E-state index in [-0.39, 0.29) is 23.3 Å². The molecule has 0 bridgehead atoms. The number of amides is 1. The molecule has 2 aromatic rings. The number of ether oxygens (including phenoxy) is 1. The standard InChI is InChI=1S/C18H21ClN2O3/c1-12-10-21(11-16(23-12)14-6-4-3-5-7-14)17(22)9-8-15-13(2)20-24-18(15)19/h3-7,12,16H,8-11H2,1-2H3/t12-,16-/m0/s1. The highest BCUT2D eigenvalue weighted by Gasteiger charge is 2.29. The number of rotatable bonds is 4. The van der Waals surface area contributed by atoms with Crippen molar-refractivity contribution in [2.45, 2.75) is 38.9 Å². The Balaban J connectivity index is 1.64. The maximum Gasteiger partial charge on any atom is 0.229 e. The van der Waals surface area contributed by atoms with Crippen LogP contribution in [0.15, 0.2) is 34.9 Å². The zero-order chi connectivity index (χ0) is 17.1. The number of benzene rings is 1. The smallest absolute Gasteiger partial charge is 0.229 e. The Labute approximate surface area is 146 Å². The van der Waals surface area contributed by atoms with Gasteiger partial charge in [0.1, 0.15) is 6.10 Å². The minimum Gasteiger partial charge on any atom is -0.367 e. The lowest BCUT2D eigenvalue weighted by Crippen LogP contribution is -2.46. The van der Waals surface area contributed by atoms with Gasteiger partial charge >= 0.3 is 0 Å². The molecule has 0 aliphatic carbocycles. The highest BCUT2D eigenvalue weighted by molar-refractivity contribution is 6.29. The first-order valence-electron chi connectivity index (χ1n) is 8.13. The number of aryl methyl sites for hydroxylation is 1. The number of hydrogen-bond acceptors (Lipinski definition) is 4. The van der Waals surface area contributed by atoms with Gasteiger partial charge in [-0.2, -0.15) is 0 Å². The van der Waals surface area contributed by atoms with Gasteiger partial charge in [-0.05, 0) is 37.4 Å². The molecule has 0 saturated carbocycles. The number of carbonyl (C=O) groups is 1. The van der Waals surface area contributed by atoms with E-state index < -0.39 is 0 Å². The molecular weight excluding hydrogens is 328 g/mol. The Morgan fingerprint density at radius 1 is 1.33 bits per heavy atom. The third-order valence-corrected chi connectivity index (χ3v) is 4.61. The van der Waals surface area contributed by atoms with E-state index in [9.17, 15) is 4.79 Å². The molecule has 0 unspecified atom stereocenters. The van der Waals surface area contributed by atoms with Gasteiger partial charge in [-0.3, -0.25) is 4.79 Å². The summed E-state index contributed by atoms with van der Waals surface area (Å²) in [6, 6.07) is 10.0. The van der Waals surface area contributed by atoms with Crippen molar-refractivity contribution in [1.29, 1.82) is 0 Å². The molecule has 128 valence electrons. The summed E-state index contributed by atoms with van der Waals surface area (Å²) < 4.78 is 10.9. The summed E-state index contributed by atoms with van der Waals surface area (Å²) in [5.41, 5.74) is 2.65. The van der Waals surface area contributed by atoms with E-state index in [1.165, 1.54) is 0 Å². The molecule has 24 heavy (non-hydrogen) atoms. The second-order valence-corrected chi connectivity index (χ2v) is 6.51. The monoisotopic (exact) mass is 348 g/mol. The molecule has 6 heteroatoms. The quantitative estimate of drug-likeness (QED) is 0.847. The van der Waals surface area contributed by atoms with Crippen LogP contribution in [0.4, 0.5) is 0 Å². The Kier molecular flexibility index (Phi) is 5.21. The van der Waals surface area contributed by atoms with E-state index in [4.69, 9.17) is 20.9 Å². The molecule has 2 heterocycles. The van der Waals surface area contributed by atoms with Crippen LogP contribution in [0.2, 0.25) is 5.22 Å². The van der Waals surface area contributed by atoms with E-state index >= 15 is 0 Å². The zero-order valence-electron chi connectivity index (χ0n) is 13.9. The van der Waals surface area contributed by atoms with E-state index in [1.54, 1.807) is 0 Å². The molecular formula is C18H21ClN2O3. The van der Waals surface area contributed by atoms with Crippen molar-refractivity contribution in [3.05, 3.63) is 52.4 Å². The van der Waals surface area contributed by atoms with Crippen LogP contribution in [0.25, 0.3) is 0 Å². The summed E-state index contributed by atoms with van der Waals surface area (Å²) in [5.74, 6) is 0.0998. The Morgan fingerprint density at radius 3 is 2.75 bits per heavy atom. The largest absolute Gasteiger partial charge is 0.367 e. The van der Waals surface area contributed by atoms with Gasteiger partial charge in [0.25, 0.3) is 0 Å². The maximum absolute atomic E-state index is 12.6. The predicted molar refractivity (Wildman–Crippen MR) is 90.9 cm³/mol. The molecule has 1 aromatic carbocycles. The molecule has 1 amide bonds. The Bertz CT molecular complexity index is 682. The average Bonchev–Trinajstić information content (AvgIpc) is 2.91. The lowest BCUT2D eigenvalue weighted by molar-refractivity contribution is -0.144. The lowest BCUT2D eigenvalue weighted by atomic mass is 10.1. The van der Waals surface area contributed by atoms with Gasteiger partial charge in [0, 0.05) is 18.5 Å². The zero-order valence-corrected chi connectivity index (χ0v) is 14.6. The van der Waals surface area contributed by atoms with Crippen molar-refractivity contribution in [2.75, 3.05) is 13.1 Å². The SMILES string of the molecule is Cc1noc(Cl)c1CCC(=O)N1C[C@@H](c2ccccc2)O[C@@H](C)C1. The van der Waals surface area contributed by atoms with E-state index in [0.29, 0.717) is 25.9 Å². The number of carbonyl (C=O) groups excluding carboxylic acids is 1. The normalized spacial score (nSPS) is 21.0. The first-order valence-corrected chi connectivity index (χ1v) is 8.51. The fourth-order valence-electron chi connectivity index (χ4n) is 3.04. The third kappa shape index (κ3) is 3.79. The van der Waals surface area contributed by atoms with Gasteiger partial charge in [-0.25, -0.2) is 0 Å². The number of morpholine rings is 1. The minimum atomic E-state index is -0.0835. The van der Waals surface area contributed by atoms with Crippen molar-refractivity contribution in [3.63, 3.8) is 0 Å². The highest BCUT2D eigenvalue weighted by Crippen LogP contribution is 2.26. The summed E-state index contributed by atoms with van der Waals surface area (Å²) in [6.45, 7) is 5.01. The van der Waals surface area contributed by atoms with E-state index in [1.807, 2.05) is 49.1 Å². The third-order valence-electron chi connectivity index (χ3n) is 4.31. The molecule has 1 saturated heterocycles. The Hall–Kier alpha value is -1.85. The van der Waals surface area contributed by atoms with Gasteiger partial charge in [0.05, 0.1) is 18.3 Å². The van der Waals surface area contributed by atoms with Crippen LogP contribution < -0.4 is 0 Å². The second kappa shape index (κ2) is 7.36. The van der Waals surface area contributed by atoms with Crippen LogP contribution in [-0.4, -0.2) is 35.2 Å². The van der Waals surface area contributed by atoms with Crippen LogP contribution in [-0.2, 0) is 16.0 Å². The number of hydrogen-bond donors (Lipinski definition) is 0. The fourth-order valence-corrected chi connectivity index (χ4v) is 3.30. The first kappa shape index (κ1) is 17.0. The maximum atomic E-state index is 12.6. The van der Waals surface area contributed by atoms with Gasteiger partial charge in [0.2, 0.25) is 11.1 Å². The van der Waals surface area contributed by atoms with Crippen molar-refractivity contribution in [1.82, 2.24) is 10.1 Å². The molecule has 2 atom stereocenters. The van der Waals surface area contributed by atoms with E-state index in [2.05, 4.69) is 5.16 Å². The van der Waals surface area contributed by atoms with Crippen LogP contribution in [0.1, 0.15) is 36.3 Å². The summed E-state index contributed by atoms with van der Waals surface area (Å²) >= 11 is 5.97. The number of aromatic nitrogens is 1. The van der Waals surface area contributed by atoms with Crippen molar-refractivity contribution in [2.24, 2.45) is 0 Å². The molecule has 0 radical (unpaired) electrons. The van der Waals surface area contributed by atoms with Crippen LogP contribution >= 0.6 is 11.6 Å². The molecule has 3 rings (SSSR count). The van der Waals surface area contributed by atoms with Gasteiger partial charge in [0.15, 0.2) is 0 Å². The lowest BCUT2D eigenvalue weighted by Gasteiger charge is -2.37. The summed E-state index contributed by atoms with van der Waals surface area (Å²) in [7, 11) is 0. The molecule has 0 spiro atoms. The van der Waals surface area contributed by atoms with Gasteiger partial charge in [-0.1, -0.05) is 35.5 Å².